The minimum absolute atomic E-state index is 0.0213. The number of hydrogen-bond donors (Lipinski definition) is 3. The molecule has 1 saturated heterocycles. The Morgan fingerprint density at radius 3 is 2.69 bits per heavy atom. The van der Waals surface area contributed by atoms with Crippen LogP contribution in [-0.4, -0.2) is 33.5 Å². The number of nitrogens with one attached hydrogen (secondary N) is 3. The molecule has 0 bridgehead atoms. The van der Waals surface area contributed by atoms with Crippen molar-refractivity contribution in [3.63, 3.8) is 0 Å². The first-order valence-corrected chi connectivity index (χ1v) is 9.83. The lowest BCUT2D eigenvalue weighted by atomic mass is 10.1. The van der Waals surface area contributed by atoms with Gasteiger partial charge in [0.1, 0.15) is 5.82 Å². The molecule has 3 rings (SSSR count). The number of para-hydroxylation sites is 1. The summed E-state index contributed by atoms with van der Waals surface area (Å²) in [7, 11) is -4.01. The SMILES string of the molecule is O=C(NC1CCCNC1)c1cccc(S(=O)(=O)Nc2ccccc2F)c1. The van der Waals surface area contributed by atoms with Gasteiger partial charge in [0, 0.05) is 18.2 Å². The lowest BCUT2D eigenvalue weighted by molar-refractivity contribution is 0.0930. The molecule has 1 heterocycles. The predicted molar refractivity (Wildman–Crippen MR) is 97.0 cm³/mol. The molecule has 3 N–H and O–H groups in total. The molecular weight excluding hydrogens is 357 g/mol. The number of anilines is 1. The quantitative estimate of drug-likeness (QED) is 0.745. The Morgan fingerprint density at radius 1 is 1.15 bits per heavy atom. The van der Waals surface area contributed by atoms with Crippen LogP contribution in [0.4, 0.5) is 10.1 Å². The molecule has 0 radical (unpaired) electrons. The van der Waals surface area contributed by atoms with Crippen molar-refractivity contribution >= 4 is 21.6 Å². The maximum atomic E-state index is 13.7. The highest BCUT2D eigenvalue weighted by Gasteiger charge is 2.20. The van der Waals surface area contributed by atoms with Crippen molar-refractivity contribution in [2.24, 2.45) is 0 Å². The van der Waals surface area contributed by atoms with Crippen molar-refractivity contribution in [3.8, 4) is 0 Å². The average molecular weight is 377 g/mol. The van der Waals surface area contributed by atoms with Crippen molar-refractivity contribution in [3.05, 3.63) is 59.9 Å². The van der Waals surface area contributed by atoms with E-state index < -0.39 is 15.8 Å². The van der Waals surface area contributed by atoms with Crippen LogP contribution < -0.4 is 15.4 Å². The minimum Gasteiger partial charge on any atom is -0.348 e. The fourth-order valence-electron chi connectivity index (χ4n) is 2.80. The Labute approximate surface area is 151 Å². The molecule has 8 heteroatoms. The molecule has 0 aliphatic carbocycles. The Bertz CT molecular complexity index is 896. The third-order valence-electron chi connectivity index (χ3n) is 4.16. The number of sulfonamides is 1. The van der Waals surface area contributed by atoms with E-state index in [0.717, 1.165) is 19.4 Å². The number of hydrogen-bond acceptors (Lipinski definition) is 4. The van der Waals surface area contributed by atoms with E-state index in [1.54, 1.807) is 6.07 Å². The normalized spacial score (nSPS) is 17.5. The third-order valence-corrected chi connectivity index (χ3v) is 5.52. The summed E-state index contributed by atoms with van der Waals surface area (Å²) in [6.45, 7) is 1.63. The van der Waals surface area contributed by atoms with E-state index in [9.17, 15) is 17.6 Å². The van der Waals surface area contributed by atoms with Gasteiger partial charge in [0.15, 0.2) is 0 Å². The van der Waals surface area contributed by atoms with Crippen LogP contribution in [0.5, 0.6) is 0 Å². The van der Waals surface area contributed by atoms with Crippen LogP contribution in [0.3, 0.4) is 0 Å². The lowest BCUT2D eigenvalue weighted by Crippen LogP contribution is -2.45. The fraction of sp³-hybridized carbons (Fsp3) is 0.278. The topological polar surface area (TPSA) is 87.3 Å². The monoisotopic (exact) mass is 377 g/mol. The molecule has 2 aromatic rings. The van der Waals surface area contributed by atoms with Gasteiger partial charge in [-0.1, -0.05) is 18.2 Å². The van der Waals surface area contributed by atoms with Gasteiger partial charge in [-0.05, 0) is 49.7 Å². The van der Waals surface area contributed by atoms with Gasteiger partial charge >= 0.3 is 0 Å². The molecule has 1 aliphatic heterocycles. The summed E-state index contributed by atoms with van der Waals surface area (Å²) >= 11 is 0. The Balaban J connectivity index is 1.77. The molecular formula is C18H20FN3O3S. The Morgan fingerprint density at radius 2 is 1.96 bits per heavy atom. The zero-order valence-electron chi connectivity index (χ0n) is 14.0. The number of carbonyl (C=O) groups is 1. The van der Waals surface area contributed by atoms with E-state index in [1.165, 1.54) is 42.5 Å². The largest absolute Gasteiger partial charge is 0.348 e. The molecule has 138 valence electrons. The second kappa shape index (κ2) is 7.84. The summed E-state index contributed by atoms with van der Waals surface area (Å²) in [5.74, 6) is -1.00. The molecule has 1 unspecified atom stereocenters. The Kier molecular flexibility index (Phi) is 5.53. The molecule has 0 aromatic heterocycles. The van der Waals surface area contributed by atoms with E-state index in [0.29, 0.717) is 6.54 Å². The first-order valence-electron chi connectivity index (χ1n) is 8.35. The van der Waals surface area contributed by atoms with Crippen molar-refractivity contribution in [2.75, 3.05) is 17.8 Å². The number of rotatable bonds is 5. The molecule has 0 saturated carbocycles. The van der Waals surface area contributed by atoms with Crippen LogP contribution >= 0.6 is 0 Å². The maximum Gasteiger partial charge on any atom is 0.262 e. The summed E-state index contributed by atoms with van der Waals surface area (Å²) in [6.07, 6.45) is 1.86. The smallest absolute Gasteiger partial charge is 0.262 e. The van der Waals surface area contributed by atoms with E-state index in [-0.39, 0.29) is 28.1 Å². The van der Waals surface area contributed by atoms with Crippen LogP contribution in [0.15, 0.2) is 53.4 Å². The average Bonchev–Trinajstić information content (AvgIpc) is 2.64. The van der Waals surface area contributed by atoms with Gasteiger partial charge in [-0.15, -0.1) is 0 Å². The first-order chi connectivity index (χ1) is 12.5. The number of halogens is 1. The summed E-state index contributed by atoms with van der Waals surface area (Å²) in [6, 6.07) is 11.2. The van der Waals surface area contributed by atoms with Crippen molar-refractivity contribution in [2.45, 2.75) is 23.8 Å². The lowest BCUT2D eigenvalue weighted by Gasteiger charge is -2.23. The van der Waals surface area contributed by atoms with Crippen LogP contribution in [-0.2, 0) is 10.0 Å². The highest BCUT2D eigenvalue weighted by atomic mass is 32.2. The van der Waals surface area contributed by atoms with Gasteiger partial charge in [0.05, 0.1) is 10.6 Å². The minimum atomic E-state index is -4.01. The Hall–Kier alpha value is -2.45. The first kappa shape index (κ1) is 18.3. The van der Waals surface area contributed by atoms with Gasteiger partial charge in [-0.3, -0.25) is 9.52 Å². The van der Waals surface area contributed by atoms with Gasteiger partial charge in [0.2, 0.25) is 0 Å². The number of amides is 1. The van der Waals surface area contributed by atoms with Crippen molar-refractivity contribution in [1.29, 1.82) is 0 Å². The van der Waals surface area contributed by atoms with Crippen molar-refractivity contribution in [1.82, 2.24) is 10.6 Å². The summed E-state index contributed by atoms with van der Waals surface area (Å²) < 4.78 is 40.9. The predicted octanol–water partition coefficient (Wildman–Crippen LogP) is 2.11. The molecule has 1 fully saturated rings. The van der Waals surface area contributed by atoms with Gasteiger partial charge in [-0.2, -0.15) is 0 Å². The summed E-state index contributed by atoms with van der Waals surface area (Å²) in [4.78, 5) is 12.3. The maximum absolute atomic E-state index is 13.7. The van der Waals surface area contributed by atoms with E-state index in [1.807, 2.05) is 0 Å². The third kappa shape index (κ3) is 4.39. The molecule has 1 aliphatic rings. The molecule has 6 nitrogen and oxygen atoms in total. The van der Waals surface area contributed by atoms with E-state index in [4.69, 9.17) is 0 Å². The fourth-order valence-corrected chi connectivity index (χ4v) is 3.91. The second-order valence-corrected chi connectivity index (χ2v) is 7.81. The van der Waals surface area contributed by atoms with Crippen LogP contribution in [0.2, 0.25) is 0 Å². The standard InChI is InChI=1S/C18H20FN3O3S/c19-16-8-1-2-9-17(16)22-26(24,25)15-7-3-5-13(11-15)18(23)21-14-6-4-10-20-12-14/h1-3,5,7-9,11,14,20,22H,4,6,10,12H2,(H,21,23). The van der Waals surface area contributed by atoms with Crippen LogP contribution in [0, 0.1) is 5.82 Å². The van der Waals surface area contributed by atoms with Gasteiger partial charge < -0.3 is 10.6 Å². The van der Waals surface area contributed by atoms with Crippen LogP contribution in [0.25, 0.3) is 0 Å². The zero-order chi connectivity index (χ0) is 18.6. The molecule has 1 atom stereocenters. The number of piperidine rings is 1. The number of carbonyl (C=O) groups excluding carboxylic acids is 1. The van der Waals surface area contributed by atoms with Crippen molar-refractivity contribution < 1.29 is 17.6 Å². The molecule has 1 amide bonds. The second-order valence-electron chi connectivity index (χ2n) is 6.13. The van der Waals surface area contributed by atoms with E-state index >= 15 is 0 Å². The van der Waals surface area contributed by atoms with Gasteiger partial charge in [-0.25, -0.2) is 12.8 Å². The zero-order valence-corrected chi connectivity index (χ0v) is 14.9. The highest BCUT2D eigenvalue weighted by Crippen LogP contribution is 2.19. The molecule has 2 aromatic carbocycles. The van der Waals surface area contributed by atoms with Crippen LogP contribution in [0.1, 0.15) is 23.2 Å². The van der Waals surface area contributed by atoms with E-state index in [2.05, 4.69) is 15.4 Å². The molecule has 26 heavy (non-hydrogen) atoms. The summed E-state index contributed by atoms with van der Waals surface area (Å²) in [5.41, 5.74) is 0.0996. The number of benzene rings is 2. The molecule has 0 spiro atoms. The van der Waals surface area contributed by atoms with Gasteiger partial charge in [0.25, 0.3) is 15.9 Å². The highest BCUT2D eigenvalue weighted by molar-refractivity contribution is 7.92. The summed E-state index contributed by atoms with van der Waals surface area (Å²) in [5, 5.41) is 6.10.